The minimum absolute atomic E-state index is 0.599. The molecule has 1 fully saturated rings. The molecule has 3 nitrogen and oxygen atoms in total. The van der Waals surface area contributed by atoms with Crippen molar-refractivity contribution in [2.45, 2.75) is 38.1 Å². The molecule has 4 heteroatoms. The van der Waals surface area contributed by atoms with E-state index >= 15 is 0 Å². The molecule has 1 aromatic rings. The van der Waals surface area contributed by atoms with E-state index in [0.29, 0.717) is 6.04 Å². The van der Waals surface area contributed by atoms with Crippen LogP contribution in [0.4, 0.5) is 5.69 Å². The van der Waals surface area contributed by atoms with Gasteiger partial charge in [0, 0.05) is 31.9 Å². The highest BCUT2D eigenvalue weighted by atomic mass is 32.1. The minimum Gasteiger partial charge on any atom is -0.375 e. The maximum atomic E-state index is 5.33. The van der Waals surface area contributed by atoms with Crippen molar-refractivity contribution < 1.29 is 0 Å². The predicted molar refractivity (Wildman–Crippen MR) is 90.3 cm³/mol. The summed E-state index contributed by atoms with van der Waals surface area (Å²) in [6.07, 6.45) is 6.28. The summed E-state index contributed by atoms with van der Waals surface area (Å²) in [6.45, 7) is 1.96. The van der Waals surface area contributed by atoms with Crippen LogP contribution < -0.4 is 15.5 Å². The van der Waals surface area contributed by atoms with Gasteiger partial charge in [0.1, 0.15) is 0 Å². The Morgan fingerprint density at radius 2 is 1.95 bits per heavy atom. The average molecular weight is 291 g/mol. The van der Waals surface area contributed by atoms with Crippen LogP contribution in [0.2, 0.25) is 0 Å². The van der Waals surface area contributed by atoms with Gasteiger partial charge in [0.2, 0.25) is 0 Å². The first-order chi connectivity index (χ1) is 9.75. The van der Waals surface area contributed by atoms with Gasteiger partial charge in [0.15, 0.2) is 5.11 Å². The van der Waals surface area contributed by atoms with E-state index in [2.05, 4.69) is 46.8 Å². The van der Waals surface area contributed by atoms with E-state index in [1.807, 2.05) is 6.07 Å². The zero-order valence-electron chi connectivity index (χ0n) is 12.3. The molecule has 0 bridgehead atoms. The summed E-state index contributed by atoms with van der Waals surface area (Å²) in [5.74, 6) is 0. The molecule has 20 heavy (non-hydrogen) atoms. The fourth-order valence-electron chi connectivity index (χ4n) is 2.64. The van der Waals surface area contributed by atoms with E-state index in [4.69, 9.17) is 12.2 Å². The van der Waals surface area contributed by atoms with Crippen molar-refractivity contribution >= 4 is 23.0 Å². The fourth-order valence-corrected chi connectivity index (χ4v) is 2.91. The van der Waals surface area contributed by atoms with E-state index in [9.17, 15) is 0 Å². The summed E-state index contributed by atoms with van der Waals surface area (Å²) >= 11 is 5.33. The molecule has 1 saturated carbocycles. The highest BCUT2D eigenvalue weighted by Crippen LogP contribution is 2.17. The second-order valence-corrected chi connectivity index (χ2v) is 5.90. The molecule has 0 aliphatic heterocycles. The van der Waals surface area contributed by atoms with Crippen LogP contribution in [0.1, 0.15) is 32.1 Å². The van der Waals surface area contributed by atoms with Crippen molar-refractivity contribution in [3.8, 4) is 0 Å². The number of anilines is 1. The third kappa shape index (κ3) is 5.00. The summed E-state index contributed by atoms with van der Waals surface area (Å²) in [5.41, 5.74) is 1.26. The summed E-state index contributed by atoms with van der Waals surface area (Å²) in [5, 5.41) is 7.53. The number of thiocarbonyl (C=S) groups is 1. The van der Waals surface area contributed by atoms with Gasteiger partial charge >= 0.3 is 0 Å². The molecular formula is C16H25N3S. The van der Waals surface area contributed by atoms with Crippen LogP contribution in [0.25, 0.3) is 0 Å². The topological polar surface area (TPSA) is 27.3 Å². The van der Waals surface area contributed by atoms with Crippen molar-refractivity contribution in [1.29, 1.82) is 0 Å². The lowest BCUT2D eigenvalue weighted by atomic mass is 10.2. The second-order valence-electron chi connectivity index (χ2n) is 5.49. The van der Waals surface area contributed by atoms with Crippen LogP contribution in [0, 0.1) is 0 Å². The Bertz CT molecular complexity index is 401. The van der Waals surface area contributed by atoms with E-state index in [-0.39, 0.29) is 0 Å². The van der Waals surface area contributed by atoms with Gasteiger partial charge in [-0.1, -0.05) is 31.0 Å². The Morgan fingerprint density at radius 1 is 1.25 bits per heavy atom. The molecule has 2 N–H and O–H groups in total. The summed E-state index contributed by atoms with van der Waals surface area (Å²) in [7, 11) is 2.13. The number of hydrogen-bond donors (Lipinski definition) is 2. The van der Waals surface area contributed by atoms with Crippen LogP contribution in [-0.2, 0) is 0 Å². The van der Waals surface area contributed by atoms with Gasteiger partial charge in [-0.2, -0.15) is 0 Å². The first-order valence-electron chi connectivity index (χ1n) is 7.56. The molecule has 110 valence electrons. The number of nitrogens with one attached hydrogen (secondary N) is 2. The largest absolute Gasteiger partial charge is 0.375 e. The van der Waals surface area contributed by atoms with E-state index in [0.717, 1.165) is 24.6 Å². The summed E-state index contributed by atoms with van der Waals surface area (Å²) < 4.78 is 0. The van der Waals surface area contributed by atoms with E-state index in [1.165, 1.54) is 31.4 Å². The monoisotopic (exact) mass is 291 g/mol. The molecule has 1 aliphatic rings. The van der Waals surface area contributed by atoms with Crippen molar-refractivity contribution in [2.24, 2.45) is 0 Å². The molecule has 0 radical (unpaired) electrons. The molecule has 1 aliphatic carbocycles. The normalized spacial score (nSPS) is 15.1. The molecule has 0 atom stereocenters. The lowest BCUT2D eigenvalue weighted by molar-refractivity contribution is 0.618. The van der Waals surface area contributed by atoms with Crippen LogP contribution in [0.15, 0.2) is 30.3 Å². The van der Waals surface area contributed by atoms with Crippen molar-refractivity contribution in [3.63, 3.8) is 0 Å². The predicted octanol–water partition coefficient (Wildman–Crippen LogP) is 2.92. The number of hydrogen-bond acceptors (Lipinski definition) is 2. The molecule has 0 unspecified atom stereocenters. The highest BCUT2D eigenvalue weighted by molar-refractivity contribution is 7.80. The fraction of sp³-hybridized carbons (Fsp3) is 0.562. The summed E-state index contributed by atoms with van der Waals surface area (Å²) in [4.78, 5) is 2.27. The Kier molecular flexibility index (Phi) is 6.12. The maximum Gasteiger partial charge on any atom is 0.166 e. The van der Waals surface area contributed by atoms with Crippen molar-refractivity contribution in [1.82, 2.24) is 10.6 Å². The minimum atomic E-state index is 0.599. The van der Waals surface area contributed by atoms with Gasteiger partial charge in [-0.3, -0.25) is 0 Å². The van der Waals surface area contributed by atoms with E-state index in [1.54, 1.807) is 0 Å². The van der Waals surface area contributed by atoms with Gasteiger partial charge < -0.3 is 15.5 Å². The van der Waals surface area contributed by atoms with Gasteiger partial charge in [0.05, 0.1) is 0 Å². The number of rotatable bonds is 6. The molecular weight excluding hydrogens is 266 g/mol. The lowest BCUT2D eigenvalue weighted by Crippen LogP contribution is -2.41. The molecule has 2 rings (SSSR count). The zero-order chi connectivity index (χ0) is 14.2. The molecule has 0 saturated heterocycles. The smallest absolute Gasteiger partial charge is 0.166 e. The van der Waals surface area contributed by atoms with Gasteiger partial charge in [-0.15, -0.1) is 0 Å². The molecule has 0 amide bonds. The lowest BCUT2D eigenvalue weighted by Gasteiger charge is -2.20. The van der Waals surface area contributed by atoms with Crippen LogP contribution in [-0.4, -0.2) is 31.3 Å². The third-order valence-corrected chi connectivity index (χ3v) is 4.11. The van der Waals surface area contributed by atoms with Crippen molar-refractivity contribution in [3.05, 3.63) is 30.3 Å². The second kappa shape index (κ2) is 8.10. The van der Waals surface area contributed by atoms with E-state index < -0.39 is 0 Å². The SMILES string of the molecule is CN(CCCNC(=S)NC1CCCC1)c1ccccc1. The molecule has 0 heterocycles. The van der Waals surface area contributed by atoms with Crippen molar-refractivity contribution in [2.75, 3.05) is 25.0 Å². The maximum absolute atomic E-state index is 5.33. The Balaban J connectivity index is 1.58. The Morgan fingerprint density at radius 3 is 2.65 bits per heavy atom. The van der Waals surface area contributed by atoms with Crippen LogP contribution in [0.5, 0.6) is 0 Å². The average Bonchev–Trinajstić information content (AvgIpc) is 2.97. The highest BCUT2D eigenvalue weighted by Gasteiger charge is 2.14. The molecule has 0 aromatic heterocycles. The summed E-state index contributed by atoms with van der Waals surface area (Å²) in [6, 6.07) is 11.1. The quantitative estimate of drug-likeness (QED) is 0.622. The molecule has 1 aromatic carbocycles. The first-order valence-corrected chi connectivity index (χ1v) is 7.97. The zero-order valence-corrected chi connectivity index (χ0v) is 13.1. The Labute approximate surface area is 127 Å². The van der Waals surface area contributed by atoms with Crippen LogP contribution in [0.3, 0.4) is 0 Å². The number of benzene rings is 1. The number of nitrogens with zero attached hydrogens (tertiary/aromatic N) is 1. The number of para-hydroxylation sites is 1. The standard InChI is InChI=1S/C16H25N3S/c1-19(15-10-3-2-4-11-15)13-7-12-17-16(20)18-14-8-5-6-9-14/h2-4,10-11,14H,5-9,12-13H2,1H3,(H2,17,18,20). The third-order valence-electron chi connectivity index (χ3n) is 3.84. The molecule has 0 spiro atoms. The Hall–Kier alpha value is -1.29. The van der Waals surface area contributed by atoms with Gasteiger partial charge in [-0.05, 0) is 43.6 Å². The van der Waals surface area contributed by atoms with Gasteiger partial charge in [-0.25, -0.2) is 0 Å². The van der Waals surface area contributed by atoms with Crippen LogP contribution >= 0.6 is 12.2 Å². The first kappa shape index (κ1) is 15.1. The van der Waals surface area contributed by atoms with Gasteiger partial charge in [0.25, 0.3) is 0 Å².